The molecule has 0 bridgehead atoms. The molecule has 90 valence electrons. The maximum absolute atomic E-state index is 12.3. The van der Waals surface area contributed by atoms with Gasteiger partial charge < -0.3 is 5.73 Å². The largest absolute Gasteiger partial charge is 0.375 e. The van der Waals surface area contributed by atoms with Gasteiger partial charge in [-0.15, -0.1) is 0 Å². The van der Waals surface area contributed by atoms with Crippen LogP contribution < -0.4 is 5.73 Å². The van der Waals surface area contributed by atoms with Gasteiger partial charge in [0.05, 0.1) is 10.4 Å². The summed E-state index contributed by atoms with van der Waals surface area (Å²) in [5, 5.41) is 4.67. The minimum absolute atomic E-state index is 0.195. The molecule has 0 amide bonds. The Morgan fingerprint density at radius 1 is 1.33 bits per heavy atom. The third kappa shape index (κ3) is 1.58. The number of carbonyl (C=O) groups excluding carboxylic acids is 1. The number of aryl methyl sites for hydroxylation is 1. The smallest absolute Gasteiger partial charge is 0.280 e. The molecular formula is C12H10N4OS. The minimum atomic E-state index is -0.195. The van der Waals surface area contributed by atoms with Crippen molar-refractivity contribution in [2.75, 3.05) is 5.73 Å². The molecule has 0 saturated heterocycles. The van der Waals surface area contributed by atoms with Crippen molar-refractivity contribution in [1.29, 1.82) is 0 Å². The molecule has 0 aliphatic carbocycles. The summed E-state index contributed by atoms with van der Waals surface area (Å²) in [4.78, 5) is 16.5. The molecule has 1 aromatic carbocycles. The predicted octanol–water partition coefficient (Wildman–Crippen LogP) is 2.07. The molecule has 0 saturated carbocycles. The lowest BCUT2D eigenvalue weighted by Crippen LogP contribution is -2.14. The molecule has 2 aromatic heterocycles. The number of hydrogen-bond acceptors (Lipinski definition) is 5. The highest BCUT2D eigenvalue weighted by molar-refractivity contribution is 7.22. The SMILES string of the molecule is Cc1nn(C(=O)c2ccccc2)c2nc(N)sc12. The molecular weight excluding hydrogens is 248 g/mol. The zero-order valence-electron chi connectivity index (χ0n) is 9.62. The van der Waals surface area contributed by atoms with Crippen LogP contribution in [0.5, 0.6) is 0 Å². The lowest BCUT2D eigenvalue weighted by atomic mass is 10.2. The molecule has 6 heteroatoms. The fourth-order valence-electron chi connectivity index (χ4n) is 1.79. The Labute approximate surface area is 107 Å². The number of thiazole rings is 1. The van der Waals surface area contributed by atoms with Crippen molar-refractivity contribution in [3.05, 3.63) is 41.6 Å². The number of carbonyl (C=O) groups is 1. The first kappa shape index (κ1) is 10.9. The van der Waals surface area contributed by atoms with Crippen LogP contribution >= 0.6 is 11.3 Å². The first-order valence-electron chi connectivity index (χ1n) is 5.38. The van der Waals surface area contributed by atoms with E-state index in [1.807, 2.05) is 25.1 Å². The number of nitrogens with zero attached hydrogens (tertiary/aromatic N) is 3. The van der Waals surface area contributed by atoms with Gasteiger partial charge in [0.2, 0.25) is 0 Å². The van der Waals surface area contributed by atoms with Crippen LogP contribution in [-0.2, 0) is 0 Å². The zero-order valence-corrected chi connectivity index (χ0v) is 10.4. The molecule has 3 aromatic rings. The van der Waals surface area contributed by atoms with Gasteiger partial charge in [0, 0.05) is 5.56 Å². The maximum atomic E-state index is 12.3. The minimum Gasteiger partial charge on any atom is -0.375 e. The summed E-state index contributed by atoms with van der Waals surface area (Å²) in [7, 11) is 0. The molecule has 0 aliphatic heterocycles. The van der Waals surface area contributed by atoms with E-state index in [0.29, 0.717) is 16.3 Å². The Morgan fingerprint density at radius 3 is 2.78 bits per heavy atom. The fourth-order valence-corrected chi connectivity index (χ4v) is 2.55. The highest BCUT2D eigenvalue weighted by Gasteiger charge is 2.18. The van der Waals surface area contributed by atoms with Crippen LogP contribution in [0.4, 0.5) is 5.13 Å². The Bertz CT molecular complexity index is 729. The van der Waals surface area contributed by atoms with E-state index in [4.69, 9.17) is 5.73 Å². The average Bonchev–Trinajstić information content (AvgIpc) is 2.89. The van der Waals surface area contributed by atoms with E-state index in [2.05, 4.69) is 10.1 Å². The number of nitrogens with two attached hydrogens (primary N) is 1. The van der Waals surface area contributed by atoms with Crippen LogP contribution in [0.25, 0.3) is 10.3 Å². The molecule has 2 N–H and O–H groups in total. The van der Waals surface area contributed by atoms with Crippen molar-refractivity contribution in [3.8, 4) is 0 Å². The van der Waals surface area contributed by atoms with Gasteiger partial charge >= 0.3 is 0 Å². The maximum Gasteiger partial charge on any atom is 0.280 e. The summed E-state index contributed by atoms with van der Waals surface area (Å²) in [5.41, 5.74) is 7.54. The van der Waals surface area contributed by atoms with E-state index in [0.717, 1.165) is 10.4 Å². The van der Waals surface area contributed by atoms with Crippen molar-refractivity contribution in [2.24, 2.45) is 0 Å². The van der Waals surface area contributed by atoms with Gasteiger partial charge in [-0.1, -0.05) is 29.5 Å². The van der Waals surface area contributed by atoms with Crippen molar-refractivity contribution >= 4 is 32.7 Å². The number of aromatic nitrogens is 3. The standard InChI is InChI=1S/C12H10N4OS/c1-7-9-10(14-12(13)18-9)16(15-7)11(17)8-5-3-2-4-6-8/h2-6H,1H3,(H2,13,14). The van der Waals surface area contributed by atoms with Gasteiger partial charge in [-0.25, -0.2) is 4.98 Å². The van der Waals surface area contributed by atoms with Crippen LogP contribution in [0.1, 0.15) is 16.1 Å². The van der Waals surface area contributed by atoms with Crippen LogP contribution in [0.3, 0.4) is 0 Å². The zero-order chi connectivity index (χ0) is 12.7. The Hall–Kier alpha value is -2.21. The van der Waals surface area contributed by atoms with Gasteiger partial charge in [0.1, 0.15) is 0 Å². The molecule has 18 heavy (non-hydrogen) atoms. The van der Waals surface area contributed by atoms with E-state index in [1.165, 1.54) is 16.0 Å². The fraction of sp³-hybridized carbons (Fsp3) is 0.0833. The summed E-state index contributed by atoms with van der Waals surface area (Å²) < 4.78 is 2.17. The summed E-state index contributed by atoms with van der Waals surface area (Å²) in [6.07, 6.45) is 0. The summed E-state index contributed by atoms with van der Waals surface area (Å²) in [6.45, 7) is 1.84. The van der Waals surface area contributed by atoms with Gasteiger partial charge in [-0.2, -0.15) is 9.78 Å². The first-order valence-corrected chi connectivity index (χ1v) is 6.20. The number of nitrogen functional groups attached to an aromatic ring is 1. The second-order valence-corrected chi connectivity index (χ2v) is 4.90. The lowest BCUT2D eigenvalue weighted by Gasteiger charge is -2.00. The lowest BCUT2D eigenvalue weighted by molar-refractivity contribution is 0.0949. The van der Waals surface area contributed by atoms with Gasteiger partial charge in [0.15, 0.2) is 10.8 Å². The predicted molar refractivity (Wildman–Crippen MR) is 70.7 cm³/mol. The third-order valence-corrected chi connectivity index (χ3v) is 3.60. The number of fused-ring (bicyclic) bond motifs is 1. The molecule has 0 atom stereocenters. The average molecular weight is 258 g/mol. The molecule has 0 radical (unpaired) electrons. The highest BCUT2D eigenvalue weighted by Crippen LogP contribution is 2.26. The molecule has 0 aliphatic rings. The van der Waals surface area contributed by atoms with Crippen molar-refractivity contribution in [3.63, 3.8) is 0 Å². The summed E-state index contributed by atoms with van der Waals surface area (Å²) in [5.74, 6) is -0.195. The Balaban J connectivity index is 2.18. The quantitative estimate of drug-likeness (QED) is 0.725. The van der Waals surface area contributed by atoms with Crippen molar-refractivity contribution in [1.82, 2.24) is 14.8 Å². The van der Waals surface area contributed by atoms with E-state index >= 15 is 0 Å². The third-order valence-electron chi connectivity index (χ3n) is 2.62. The van der Waals surface area contributed by atoms with Gasteiger partial charge in [-0.3, -0.25) is 4.79 Å². The Morgan fingerprint density at radius 2 is 2.06 bits per heavy atom. The second-order valence-electron chi connectivity index (χ2n) is 3.87. The Kier molecular flexibility index (Phi) is 2.38. The number of hydrogen-bond donors (Lipinski definition) is 1. The van der Waals surface area contributed by atoms with E-state index in [1.54, 1.807) is 12.1 Å². The monoisotopic (exact) mass is 258 g/mol. The topological polar surface area (TPSA) is 73.8 Å². The van der Waals surface area contributed by atoms with Crippen molar-refractivity contribution < 1.29 is 4.79 Å². The van der Waals surface area contributed by atoms with E-state index < -0.39 is 0 Å². The molecule has 0 fully saturated rings. The van der Waals surface area contributed by atoms with Crippen LogP contribution in [0.15, 0.2) is 30.3 Å². The van der Waals surface area contributed by atoms with Gasteiger partial charge in [-0.05, 0) is 19.1 Å². The number of rotatable bonds is 1. The molecule has 0 spiro atoms. The van der Waals surface area contributed by atoms with Crippen LogP contribution in [0.2, 0.25) is 0 Å². The normalized spacial score (nSPS) is 10.9. The first-order chi connectivity index (χ1) is 8.66. The van der Waals surface area contributed by atoms with Crippen molar-refractivity contribution in [2.45, 2.75) is 6.92 Å². The number of benzene rings is 1. The van der Waals surface area contributed by atoms with Crippen LogP contribution in [-0.4, -0.2) is 20.7 Å². The molecule has 0 unspecified atom stereocenters. The van der Waals surface area contributed by atoms with E-state index in [9.17, 15) is 4.79 Å². The molecule has 3 rings (SSSR count). The number of anilines is 1. The highest BCUT2D eigenvalue weighted by atomic mass is 32.1. The summed E-state index contributed by atoms with van der Waals surface area (Å²) >= 11 is 1.34. The second kappa shape index (κ2) is 3.92. The molecule has 5 nitrogen and oxygen atoms in total. The van der Waals surface area contributed by atoms with Crippen LogP contribution in [0, 0.1) is 6.92 Å². The molecule has 2 heterocycles. The van der Waals surface area contributed by atoms with E-state index in [-0.39, 0.29) is 5.91 Å². The summed E-state index contributed by atoms with van der Waals surface area (Å²) in [6, 6.07) is 9.00. The van der Waals surface area contributed by atoms with Gasteiger partial charge in [0.25, 0.3) is 5.91 Å².